The average Bonchev–Trinajstić information content (AvgIpc) is 2.91. The highest BCUT2D eigenvalue weighted by atomic mass is 16.6. The normalized spacial score (nSPS) is 20.6. The van der Waals surface area contributed by atoms with Crippen molar-refractivity contribution in [1.29, 1.82) is 0 Å². The maximum absolute atomic E-state index is 13.1. The van der Waals surface area contributed by atoms with Crippen LogP contribution in [0.5, 0.6) is 0 Å². The molecular weight excluding hydrogens is 354 g/mol. The summed E-state index contributed by atoms with van der Waals surface area (Å²) in [7, 11) is 0. The lowest BCUT2D eigenvalue weighted by Crippen LogP contribution is -2.47. The lowest BCUT2D eigenvalue weighted by Gasteiger charge is -2.36. The topological polar surface area (TPSA) is 53.1 Å². The molecule has 1 aromatic rings. The summed E-state index contributed by atoms with van der Waals surface area (Å²) in [6.45, 7) is 9.85. The molecule has 0 aromatic heterocycles. The van der Waals surface area contributed by atoms with Gasteiger partial charge in [0.1, 0.15) is 0 Å². The standard InChI is InChI=1S/C22H33N3O3/c1-17(2)16-28-22(27)24-12-6-11-23(13-14-24)15-21(26)25-18(3)9-10-19-7-4-5-8-20(19)25/h4-5,7-8,17-18H,6,9-16H2,1-3H3. The largest absolute Gasteiger partial charge is 0.449 e. The second kappa shape index (κ2) is 9.41. The first kappa shape index (κ1) is 20.6. The number of carbonyl (C=O) groups is 2. The van der Waals surface area contributed by atoms with Gasteiger partial charge < -0.3 is 14.5 Å². The lowest BCUT2D eigenvalue weighted by molar-refractivity contribution is -0.120. The Morgan fingerprint density at radius 3 is 2.71 bits per heavy atom. The molecule has 0 spiro atoms. The number of aryl methyl sites for hydroxylation is 1. The van der Waals surface area contributed by atoms with Crippen LogP contribution >= 0.6 is 0 Å². The maximum atomic E-state index is 13.1. The van der Waals surface area contributed by atoms with Gasteiger partial charge in [-0.15, -0.1) is 0 Å². The minimum Gasteiger partial charge on any atom is -0.449 e. The average molecular weight is 388 g/mol. The third-order valence-electron chi connectivity index (χ3n) is 5.54. The van der Waals surface area contributed by atoms with Gasteiger partial charge in [-0.25, -0.2) is 4.79 Å². The SMILES string of the molecule is CC(C)COC(=O)N1CCCN(CC(=O)N2c3ccccc3CCC2C)CC1. The predicted molar refractivity (Wildman–Crippen MR) is 111 cm³/mol. The van der Waals surface area contributed by atoms with E-state index in [9.17, 15) is 9.59 Å². The third-order valence-corrected chi connectivity index (χ3v) is 5.54. The number of ether oxygens (including phenoxy) is 1. The van der Waals surface area contributed by atoms with Crippen molar-refractivity contribution in [2.45, 2.75) is 46.1 Å². The fraction of sp³-hybridized carbons (Fsp3) is 0.636. The van der Waals surface area contributed by atoms with Crippen LogP contribution in [0.15, 0.2) is 24.3 Å². The van der Waals surface area contributed by atoms with Crippen LogP contribution in [-0.4, -0.2) is 67.2 Å². The highest BCUT2D eigenvalue weighted by molar-refractivity contribution is 5.96. The lowest BCUT2D eigenvalue weighted by atomic mass is 9.96. The summed E-state index contributed by atoms with van der Waals surface area (Å²) in [4.78, 5) is 31.3. The summed E-state index contributed by atoms with van der Waals surface area (Å²) >= 11 is 0. The van der Waals surface area contributed by atoms with E-state index in [-0.39, 0.29) is 18.0 Å². The highest BCUT2D eigenvalue weighted by Crippen LogP contribution is 2.30. The van der Waals surface area contributed by atoms with Crippen LogP contribution in [0.1, 0.15) is 39.2 Å². The molecule has 1 saturated heterocycles. The van der Waals surface area contributed by atoms with E-state index in [2.05, 4.69) is 24.0 Å². The molecule has 1 atom stereocenters. The van der Waals surface area contributed by atoms with E-state index in [1.165, 1.54) is 5.56 Å². The molecule has 0 saturated carbocycles. The fourth-order valence-electron chi connectivity index (χ4n) is 3.98. The van der Waals surface area contributed by atoms with Crippen molar-refractivity contribution in [3.8, 4) is 0 Å². The van der Waals surface area contributed by atoms with Crippen molar-refractivity contribution in [3.05, 3.63) is 29.8 Å². The number of anilines is 1. The number of benzene rings is 1. The molecule has 154 valence electrons. The molecule has 6 heteroatoms. The predicted octanol–water partition coefficient (Wildman–Crippen LogP) is 3.15. The van der Waals surface area contributed by atoms with Crippen molar-refractivity contribution >= 4 is 17.7 Å². The third kappa shape index (κ3) is 5.04. The zero-order valence-corrected chi connectivity index (χ0v) is 17.4. The summed E-state index contributed by atoms with van der Waals surface area (Å²) < 4.78 is 5.36. The van der Waals surface area contributed by atoms with Gasteiger partial charge in [-0.05, 0) is 43.7 Å². The molecule has 6 nitrogen and oxygen atoms in total. The smallest absolute Gasteiger partial charge is 0.409 e. The fourth-order valence-corrected chi connectivity index (χ4v) is 3.98. The Hall–Kier alpha value is -2.08. The molecule has 0 N–H and O–H groups in total. The summed E-state index contributed by atoms with van der Waals surface area (Å²) in [5, 5.41) is 0. The minimum atomic E-state index is -0.236. The Labute approximate surface area is 168 Å². The zero-order valence-electron chi connectivity index (χ0n) is 17.4. The van der Waals surface area contributed by atoms with Crippen LogP contribution < -0.4 is 4.90 Å². The van der Waals surface area contributed by atoms with E-state index < -0.39 is 0 Å². The molecular formula is C22H33N3O3. The van der Waals surface area contributed by atoms with Gasteiger partial charge in [0, 0.05) is 37.9 Å². The van der Waals surface area contributed by atoms with Gasteiger partial charge in [0.15, 0.2) is 0 Å². The molecule has 2 heterocycles. The Balaban J connectivity index is 1.57. The van der Waals surface area contributed by atoms with E-state index in [4.69, 9.17) is 4.74 Å². The molecule has 1 fully saturated rings. The van der Waals surface area contributed by atoms with Crippen molar-refractivity contribution < 1.29 is 14.3 Å². The van der Waals surface area contributed by atoms with Crippen LogP contribution in [0.25, 0.3) is 0 Å². The van der Waals surface area contributed by atoms with E-state index in [0.717, 1.165) is 31.5 Å². The Morgan fingerprint density at radius 1 is 1.14 bits per heavy atom. The van der Waals surface area contributed by atoms with E-state index in [1.807, 2.05) is 30.9 Å². The van der Waals surface area contributed by atoms with Gasteiger partial charge in [-0.3, -0.25) is 9.69 Å². The van der Waals surface area contributed by atoms with Crippen molar-refractivity contribution in [3.63, 3.8) is 0 Å². The van der Waals surface area contributed by atoms with Crippen LogP contribution in [0, 0.1) is 5.92 Å². The van der Waals surface area contributed by atoms with Crippen molar-refractivity contribution in [2.75, 3.05) is 44.2 Å². The Kier molecular flexibility index (Phi) is 6.94. The summed E-state index contributed by atoms with van der Waals surface area (Å²) in [6.07, 6.45) is 2.65. The van der Waals surface area contributed by atoms with Crippen LogP contribution in [-0.2, 0) is 16.0 Å². The van der Waals surface area contributed by atoms with Gasteiger partial charge in [0.25, 0.3) is 0 Å². The van der Waals surface area contributed by atoms with Gasteiger partial charge in [0.05, 0.1) is 13.2 Å². The van der Waals surface area contributed by atoms with Crippen LogP contribution in [0.4, 0.5) is 10.5 Å². The Bertz CT molecular complexity index is 691. The number of para-hydroxylation sites is 1. The maximum Gasteiger partial charge on any atom is 0.409 e. The number of carbonyl (C=O) groups excluding carboxylic acids is 2. The first-order valence-electron chi connectivity index (χ1n) is 10.5. The number of fused-ring (bicyclic) bond motifs is 1. The first-order chi connectivity index (χ1) is 13.5. The molecule has 1 aromatic carbocycles. The second-order valence-corrected chi connectivity index (χ2v) is 8.37. The van der Waals surface area contributed by atoms with E-state index in [1.54, 1.807) is 4.90 Å². The van der Waals surface area contributed by atoms with Crippen LogP contribution in [0.2, 0.25) is 0 Å². The van der Waals surface area contributed by atoms with Crippen LogP contribution in [0.3, 0.4) is 0 Å². The summed E-state index contributed by atoms with van der Waals surface area (Å²) in [6, 6.07) is 8.44. The number of amides is 2. The number of nitrogens with zero attached hydrogens (tertiary/aromatic N) is 3. The summed E-state index contributed by atoms with van der Waals surface area (Å²) in [5.74, 6) is 0.481. The second-order valence-electron chi connectivity index (χ2n) is 8.37. The molecule has 2 amide bonds. The molecule has 0 bridgehead atoms. The number of hydrogen-bond acceptors (Lipinski definition) is 4. The molecule has 2 aliphatic heterocycles. The van der Waals surface area contributed by atoms with E-state index in [0.29, 0.717) is 38.7 Å². The van der Waals surface area contributed by atoms with Gasteiger partial charge in [0.2, 0.25) is 5.91 Å². The number of hydrogen-bond donors (Lipinski definition) is 0. The monoisotopic (exact) mass is 387 g/mol. The molecule has 0 aliphatic carbocycles. The van der Waals surface area contributed by atoms with Gasteiger partial charge >= 0.3 is 6.09 Å². The molecule has 28 heavy (non-hydrogen) atoms. The Morgan fingerprint density at radius 2 is 1.93 bits per heavy atom. The first-order valence-corrected chi connectivity index (χ1v) is 10.5. The zero-order chi connectivity index (χ0) is 20.1. The van der Waals surface area contributed by atoms with Crippen molar-refractivity contribution in [1.82, 2.24) is 9.80 Å². The highest BCUT2D eigenvalue weighted by Gasteiger charge is 2.29. The van der Waals surface area contributed by atoms with E-state index >= 15 is 0 Å². The number of rotatable bonds is 4. The van der Waals surface area contributed by atoms with Crippen molar-refractivity contribution in [2.24, 2.45) is 5.92 Å². The van der Waals surface area contributed by atoms with Gasteiger partial charge in [-0.1, -0.05) is 32.0 Å². The minimum absolute atomic E-state index is 0.149. The molecule has 0 radical (unpaired) electrons. The summed E-state index contributed by atoms with van der Waals surface area (Å²) in [5.41, 5.74) is 2.31. The molecule has 3 rings (SSSR count). The van der Waals surface area contributed by atoms with Gasteiger partial charge in [-0.2, -0.15) is 0 Å². The molecule has 2 aliphatic rings. The molecule has 1 unspecified atom stereocenters. The quantitative estimate of drug-likeness (QED) is 0.796.